The predicted octanol–water partition coefficient (Wildman–Crippen LogP) is 3.78. The van der Waals surface area contributed by atoms with E-state index in [1.54, 1.807) is 30.3 Å². The third kappa shape index (κ3) is 3.53. The van der Waals surface area contributed by atoms with Crippen LogP contribution in [0.3, 0.4) is 0 Å². The van der Waals surface area contributed by atoms with Crippen molar-refractivity contribution in [3.05, 3.63) is 64.4 Å². The van der Waals surface area contributed by atoms with Gasteiger partial charge in [-0.15, -0.1) is 0 Å². The average molecular weight is 328 g/mol. The van der Waals surface area contributed by atoms with Crippen LogP contribution in [0.5, 0.6) is 0 Å². The number of fused-ring (bicyclic) bond motifs is 1. The second-order valence-electron chi connectivity index (χ2n) is 5.63. The highest BCUT2D eigenvalue weighted by molar-refractivity contribution is 5.93. The molecule has 1 unspecified atom stereocenters. The Labute approximate surface area is 137 Å². The number of aromatic nitrogens is 1. The third-order valence-corrected chi connectivity index (χ3v) is 3.97. The first-order valence-corrected chi connectivity index (χ1v) is 7.73. The molecular formula is C18H17FN2O3. The maximum absolute atomic E-state index is 13.0. The Hall–Kier alpha value is -2.89. The van der Waals surface area contributed by atoms with E-state index >= 15 is 0 Å². The Kier molecular flexibility index (Phi) is 4.46. The molecular weight excluding hydrogens is 311 g/mol. The van der Waals surface area contributed by atoms with Gasteiger partial charge in [-0.2, -0.15) is 0 Å². The average Bonchev–Trinajstić information content (AvgIpc) is 2.93. The molecule has 1 amide bonds. The van der Waals surface area contributed by atoms with Crippen molar-refractivity contribution in [3.63, 3.8) is 0 Å². The van der Waals surface area contributed by atoms with Gasteiger partial charge >= 0.3 is 5.76 Å². The van der Waals surface area contributed by atoms with Gasteiger partial charge in [0.15, 0.2) is 5.58 Å². The summed E-state index contributed by atoms with van der Waals surface area (Å²) in [7, 11) is 0. The summed E-state index contributed by atoms with van der Waals surface area (Å²) in [6.07, 6.45) is 1.06. The van der Waals surface area contributed by atoms with Crippen molar-refractivity contribution in [3.8, 4) is 0 Å². The van der Waals surface area contributed by atoms with Gasteiger partial charge in [0, 0.05) is 12.1 Å². The predicted molar refractivity (Wildman–Crippen MR) is 89.5 cm³/mol. The minimum absolute atomic E-state index is 0.0167. The number of amides is 1. The van der Waals surface area contributed by atoms with Crippen molar-refractivity contribution >= 4 is 22.7 Å². The van der Waals surface area contributed by atoms with Crippen molar-refractivity contribution in [1.82, 2.24) is 4.98 Å². The fourth-order valence-electron chi connectivity index (χ4n) is 2.70. The maximum atomic E-state index is 13.0. The molecule has 1 aromatic heterocycles. The number of carbonyl (C=O) groups is 1. The lowest BCUT2D eigenvalue weighted by Gasteiger charge is -2.15. The highest BCUT2D eigenvalue weighted by atomic mass is 19.1. The summed E-state index contributed by atoms with van der Waals surface area (Å²) in [5.74, 6) is -0.948. The van der Waals surface area contributed by atoms with Crippen LogP contribution in [0.4, 0.5) is 10.1 Å². The fourth-order valence-corrected chi connectivity index (χ4v) is 2.70. The van der Waals surface area contributed by atoms with Crippen LogP contribution in [0.1, 0.15) is 31.2 Å². The van der Waals surface area contributed by atoms with Crippen molar-refractivity contribution < 1.29 is 13.6 Å². The smallest absolute Gasteiger partial charge is 0.408 e. The molecule has 1 atom stereocenters. The van der Waals surface area contributed by atoms with Gasteiger partial charge in [-0.05, 0) is 48.2 Å². The zero-order valence-electron chi connectivity index (χ0n) is 13.1. The standard InChI is InChI=1S/C18H17FN2O3/c1-2-11(12-3-5-13(19)6-4-12)9-17(22)20-14-7-8-16-15(10-14)21-18(23)24-16/h3-8,10-11H,2,9H2,1H3,(H,20,22)(H,21,23). The molecule has 0 aliphatic carbocycles. The lowest BCUT2D eigenvalue weighted by atomic mass is 9.93. The molecule has 0 spiro atoms. The summed E-state index contributed by atoms with van der Waals surface area (Å²) in [4.78, 5) is 26.0. The van der Waals surface area contributed by atoms with Crippen LogP contribution >= 0.6 is 0 Å². The summed E-state index contributed by atoms with van der Waals surface area (Å²) >= 11 is 0. The number of hydrogen-bond donors (Lipinski definition) is 2. The lowest BCUT2D eigenvalue weighted by molar-refractivity contribution is -0.116. The number of oxazole rings is 1. The van der Waals surface area contributed by atoms with E-state index in [4.69, 9.17) is 4.42 Å². The van der Waals surface area contributed by atoms with Gasteiger partial charge in [0.25, 0.3) is 0 Å². The van der Waals surface area contributed by atoms with Crippen LogP contribution in [-0.2, 0) is 4.79 Å². The number of halogens is 1. The number of benzene rings is 2. The molecule has 2 aromatic carbocycles. The Morgan fingerprint density at radius 3 is 2.71 bits per heavy atom. The summed E-state index contributed by atoms with van der Waals surface area (Å²) in [5, 5.41) is 2.81. The molecule has 0 saturated heterocycles. The number of anilines is 1. The van der Waals surface area contributed by atoms with E-state index in [0.29, 0.717) is 23.2 Å². The topological polar surface area (TPSA) is 75.1 Å². The van der Waals surface area contributed by atoms with E-state index in [1.807, 2.05) is 6.92 Å². The first-order valence-electron chi connectivity index (χ1n) is 7.73. The summed E-state index contributed by atoms with van der Waals surface area (Å²) in [6, 6.07) is 11.2. The van der Waals surface area contributed by atoms with Crippen LogP contribution in [0.25, 0.3) is 11.1 Å². The number of H-pyrrole nitrogens is 1. The van der Waals surface area contributed by atoms with Gasteiger partial charge in [0.05, 0.1) is 5.52 Å². The van der Waals surface area contributed by atoms with E-state index in [0.717, 1.165) is 12.0 Å². The molecule has 124 valence electrons. The van der Waals surface area contributed by atoms with Crippen LogP contribution in [-0.4, -0.2) is 10.9 Å². The van der Waals surface area contributed by atoms with Gasteiger partial charge in [-0.25, -0.2) is 9.18 Å². The second kappa shape index (κ2) is 6.70. The molecule has 0 aliphatic rings. The van der Waals surface area contributed by atoms with Gasteiger partial charge in [0.1, 0.15) is 5.82 Å². The number of carbonyl (C=O) groups excluding carboxylic acids is 1. The molecule has 1 heterocycles. The number of aromatic amines is 1. The van der Waals surface area contributed by atoms with E-state index in [9.17, 15) is 14.0 Å². The van der Waals surface area contributed by atoms with Gasteiger partial charge in [-0.1, -0.05) is 19.1 Å². The molecule has 5 nitrogen and oxygen atoms in total. The number of hydrogen-bond acceptors (Lipinski definition) is 3. The summed E-state index contributed by atoms with van der Waals surface area (Å²) in [6.45, 7) is 1.99. The molecule has 3 rings (SSSR count). The van der Waals surface area contributed by atoms with Crippen LogP contribution in [0, 0.1) is 5.82 Å². The quantitative estimate of drug-likeness (QED) is 0.748. The normalized spacial score (nSPS) is 12.2. The van der Waals surface area contributed by atoms with E-state index < -0.39 is 5.76 Å². The fraction of sp³-hybridized carbons (Fsp3) is 0.222. The van der Waals surface area contributed by atoms with Crippen LogP contribution in [0.15, 0.2) is 51.7 Å². The van der Waals surface area contributed by atoms with Crippen molar-refractivity contribution in [1.29, 1.82) is 0 Å². The Morgan fingerprint density at radius 2 is 2.00 bits per heavy atom. The zero-order chi connectivity index (χ0) is 17.1. The van der Waals surface area contributed by atoms with Crippen LogP contribution in [0.2, 0.25) is 0 Å². The molecule has 0 fully saturated rings. The monoisotopic (exact) mass is 328 g/mol. The largest absolute Gasteiger partial charge is 0.417 e. The highest BCUT2D eigenvalue weighted by Gasteiger charge is 2.15. The first kappa shape index (κ1) is 16.0. The van der Waals surface area contributed by atoms with Crippen LogP contribution < -0.4 is 11.1 Å². The van der Waals surface area contributed by atoms with Crippen molar-refractivity contribution in [2.45, 2.75) is 25.7 Å². The molecule has 2 N–H and O–H groups in total. The number of nitrogens with one attached hydrogen (secondary N) is 2. The third-order valence-electron chi connectivity index (χ3n) is 3.97. The molecule has 6 heteroatoms. The van der Waals surface area contributed by atoms with E-state index in [1.165, 1.54) is 12.1 Å². The maximum Gasteiger partial charge on any atom is 0.417 e. The van der Waals surface area contributed by atoms with Gasteiger partial charge in [-0.3, -0.25) is 9.78 Å². The Morgan fingerprint density at radius 1 is 1.25 bits per heavy atom. The molecule has 3 aromatic rings. The summed E-state index contributed by atoms with van der Waals surface area (Å²) < 4.78 is 17.9. The SMILES string of the molecule is CCC(CC(=O)Nc1ccc2oc(=O)[nH]c2c1)c1ccc(F)cc1. The molecule has 0 saturated carbocycles. The minimum Gasteiger partial charge on any atom is -0.408 e. The lowest BCUT2D eigenvalue weighted by Crippen LogP contribution is -2.15. The zero-order valence-corrected chi connectivity index (χ0v) is 13.1. The highest BCUT2D eigenvalue weighted by Crippen LogP contribution is 2.24. The molecule has 0 radical (unpaired) electrons. The van der Waals surface area contributed by atoms with E-state index in [2.05, 4.69) is 10.3 Å². The molecule has 0 bridgehead atoms. The van der Waals surface area contributed by atoms with Crippen molar-refractivity contribution in [2.24, 2.45) is 0 Å². The summed E-state index contributed by atoms with van der Waals surface area (Å²) in [5.41, 5.74) is 2.49. The molecule has 0 aliphatic heterocycles. The van der Waals surface area contributed by atoms with E-state index in [-0.39, 0.29) is 17.6 Å². The Bertz CT molecular complexity index is 912. The second-order valence-corrected chi connectivity index (χ2v) is 5.63. The number of rotatable bonds is 5. The first-order chi connectivity index (χ1) is 11.5. The van der Waals surface area contributed by atoms with Crippen molar-refractivity contribution in [2.75, 3.05) is 5.32 Å². The van der Waals surface area contributed by atoms with Gasteiger partial charge < -0.3 is 9.73 Å². The molecule has 24 heavy (non-hydrogen) atoms. The minimum atomic E-state index is -0.532. The van der Waals surface area contributed by atoms with Gasteiger partial charge in [0.2, 0.25) is 5.91 Å². The Balaban J connectivity index is 1.70.